The SMILES string of the molecule is C=Cc1c(C=C)c(-c2ccc(-c3ccc(Br)cc3)cc2)c2ccccc2c1-c1ccccc1. The lowest BCUT2D eigenvalue weighted by atomic mass is 9.83. The second kappa shape index (κ2) is 9.05. The van der Waals surface area contributed by atoms with Crippen LogP contribution in [0.2, 0.25) is 0 Å². The standard InChI is InChI=1S/C32H23Br/c1-3-27-28(4-2)32(25-16-14-22(15-17-25)23-18-20-26(33)21-19-23)30-13-9-8-12-29(30)31(27)24-10-6-5-7-11-24/h3-21H,1-2H2. The van der Waals surface area contributed by atoms with Gasteiger partial charge >= 0.3 is 0 Å². The normalized spacial score (nSPS) is 10.8. The molecule has 0 bridgehead atoms. The summed E-state index contributed by atoms with van der Waals surface area (Å²) in [5.41, 5.74) is 9.36. The van der Waals surface area contributed by atoms with E-state index in [0.29, 0.717) is 0 Å². The number of rotatable bonds is 5. The third kappa shape index (κ3) is 3.86. The zero-order valence-corrected chi connectivity index (χ0v) is 19.8. The summed E-state index contributed by atoms with van der Waals surface area (Å²) in [6.45, 7) is 8.37. The first-order chi connectivity index (χ1) is 16.2. The summed E-state index contributed by atoms with van der Waals surface area (Å²) in [6.07, 6.45) is 3.93. The van der Waals surface area contributed by atoms with Crippen LogP contribution in [0.3, 0.4) is 0 Å². The molecule has 0 N–H and O–H groups in total. The largest absolute Gasteiger partial charge is 0.0984 e. The Balaban J connectivity index is 1.76. The van der Waals surface area contributed by atoms with Crippen LogP contribution in [0.25, 0.3) is 56.3 Å². The van der Waals surface area contributed by atoms with E-state index < -0.39 is 0 Å². The molecule has 0 aliphatic rings. The third-order valence-electron chi connectivity index (χ3n) is 6.12. The van der Waals surface area contributed by atoms with E-state index in [9.17, 15) is 0 Å². The Hall–Kier alpha value is -3.68. The number of hydrogen-bond donors (Lipinski definition) is 0. The van der Waals surface area contributed by atoms with Crippen molar-refractivity contribution in [3.63, 3.8) is 0 Å². The molecule has 0 amide bonds. The summed E-state index contributed by atoms with van der Waals surface area (Å²) in [7, 11) is 0. The number of halogens is 1. The Morgan fingerprint density at radius 1 is 0.455 bits per heavy atom. The fourth-order valence-electron chi connectivity index (χ4n) is 4.60. The van der Waals surface area contributed by atoms with Crippen LogP contribution in [0.5, 0.6) is 0 Å². The third-order valence-corrected chi connectivity index (χ3v) is 6.65. The number of hydrogen-bond acceptors (Lipinski definition) is 0. The van der Waals surface area contributed by atoms with Gasteiger partial charge in [-0.25, -0.2) is 0 Å². The molecular weight excluding hydrogens is 464 g/mol. The van der Waals surface area contributed by atoms with Crippen molar-refractivity contribution in [3.05, 3.63) is 132 Å². The first-order valence-corrected chi connectivity index (χ1v) is 11.8. The quantitative estimate of drug-likeness (QED) is 0.231. The zero-order valence-electron chi connectivity index (χ0n) is 18.3. The fraction of sp³-hybridized carbons (Fsp3) is 0. The van der Waals surface area contributed by atoms with Crippen LogP contribution in [0.1, 0.15) is 11.1 Å². The van der Waals surface area contributed by atoms with Crippen molar-refractivity contribution >= 4 is 38.9 Å². The Labute approximate surface area is 203 Å². The minimum Gasteiger partial charge on any atom is -0.0984 e. The van der Waals surface area contributed by atoms with Crippen molar-refractivity contribution in [2.75, 3.05) is 0 Å². The zero-order chi connectivity index (χ0) is 22.8. The van der Waals surface area contributed by atoms with E-state index in [1.165, 1.54) is 44.2 Å². The van der Waals surface area contributed by atoms with Crippen molar-refractivity contribution in [3.8, 4) is 33.4 Å². The minimum absolute atomic E-state index is 1.08. The van der Waals surface area contributed by atoms with E-state index in [1.54, 1.807) is 0 Å². The molecule has 0 spiro atoms. The fourth-order valence-corrected chi connectivity index (χ4v) is 4.87. The molecule has 158 valence electrons. The average molecular weight is 487 g/mol. The van der Waals surface area contributed by atoms with E-state index in [4.69, 9.17) is 0 Å². The van der Waals surface area contributed by atoms with Gasteiger partial charge < -0.3 is 0 Å². The summed E-state index contributed by atoms with van der Waals surface area (Å²) >= 11 is 3.52. The molecule has 5 rings (SSSR count). The van der Waals surface area contributed by atoms with E-state index in [2.05, 4.69) is 132 Å². The van der Waals surface area contributed by atoms with Crippen molar-refractivity contribution < 1.29 is 0 Å². The van der Waals surface area contributed by atoms with Gasteiger partial charge in [-0.1, -0.05) is 132 Å². The molecular formula is C32H23Br. The van der Waals surface area contributed by atoms with Gasteiger partial charge in [-0.05, 0) is 67.4 Å². The van der Waals surface area contributed by atoms with Gasteiger partial charge in [-0.3, -0.25) is 0 Å². The van der Waals surface area contributed by atoms with Gasteiger partial charge in [0, 0.05) is 4.47 Å². The van der Waals surface area contributed by atoms with Gasteiger partial charge in [0.15, 0.2) is 0 Å². The summed E-state index contributed by atoms with van der Waals surface area (Å²) < 4.78 is 1.08. The van der Waals surface area contributed by atoms with E-state index >= 15 is 0 Å². The summed E-state index contributed by atoms with van der Waals surface area (Å²) in [5, 5.41) is 2.43. The maximum absolute atomic E-state index is 4.19. The smallest absolute Gasteiger partial charge is 0.0175 e. The molecule has 0 fully saturated rings. The van der Waals surface area contributed by atoms with Crippen LogP contribution in [0, 0.1) is 0 Å². The molecule has 5 aromatic rings. The molecule has 33 heavy (non-hydrogen) atoms. The van der Waals surface area contributed by atoms with Crippen molar-refractivity contribution in [2.45, 2.75) is 0 Å². The van der Waals surface area contributed by atoms with Gasteiger partial charge in [-0.15, -0.1) is 0 Å². The van der Waals surface area contributed by atoms with Gasteiger partial charge in [0.2, 0.25) is 0 Å². The van der Waals surface area contributed by atoms with Crippen molar-refractivity contribution in [1.29, 1.82) is 0 Å². The molecule has 0 aliphatic heterocycles. The Morgan fingerprint density at radius 2 is 0.848 bits per heavy atom. The first-order valence-electron chi connectivity index (χ1n) is 11.0. The minimum atomic E-state index is 1.08. The molecule has 0 heterocycles. The Morgan fingerprint density at radius 3 is 1.33 bits per heavy atom. The molecule has 0 unspecified atom stereocenters. The maximum atomic E-state index is 4.19. The van der Waals surface area contributed by atoms with Gasteiger partial charge in [0.25, 0.3) is 0 Å². The van der Waals surface area contributed by atoms with Crippen LogP contribution >= 0.6 is 15.9 Å². The van der Waals surface area contributed by atoms with E-state index in [-0.39, 0.29) is 0 Å². The highest BCUT2D eigenvalue weighted by Gasteiger charge is 2.18. The molecule has 0 aromatic heterocycles. The van der Waals surface area contributed by atoms with Gasteiger partial charge in [0.1, 0.15) is 0 Å². The van der Waals surface area contributed by atoms with E-state index in [1.807, 2.05) is 12.2 Å². The predicted octanol–water partition coefficient (Wildman–Crippen LogP) is 9.89. The molecule has 0 saturated carbocycles. The Bertz CT molecular complexity index is 1460. The van der Waals surface area contributed by atoms with Crippen LogP contribution in [-0.4, -0.2) is 0 Å². The van der Waals surface area contributed by atoms with Gasteiger partial charge in [-0.2, -0.15) is 0 Å². The van der Waals surface area contributed by atoms with Crippen molar-refractivity contribution in [1.82, 2.24) is 0 Å². The van der Waals surface area contributed by atoms with E-state index in [0.717, 1.165) is 15.6 Å². The van der Waals surface area contributed by atoms with Crippen LogP contribution < -0.4 is 0 Å². The van der Waals surface area contributed by atoms with Crippen LogP contribution in [0.15, 0.2) is 121 Å². The molecule has 0 nitrogen and oxygen atoms in total. The predicted molar refractivity (Wildman–Crippen MR) is 148 cm³/mol. The number of fused-ring (bicyclic) bond motifs is 1. The summed E-state index contributed by atoms with van der Waals surface area (Å²) in [6, 6.07) is 36.4. The highest BCUT2D eigenvalue weighted by Crippen LogP contribution is 2.43. The molecule has 0 saturated heterocycles. The highest BCUT2D eigenvalue weighted by atomic mass is 79.9. The van der Waals surface area contributed by atoms with Crippen LogP contribution in [0.4, 0.5) is 0 Å². The summed E-state index contributed by atoms with van der Waals surface area (Å²) in [4.78, 5) is 0. The lowest BCUT2D eigenvalue weighted by Crippen LogP contribution is -1.96. The monoisotopic (exact) mass is 486 g/mol. The topological polar surface area (TPSA) is 0 Å². The molecule has 0 atom stereocenters. The first kappa shape index (κ1) is 21.2. The second-order valence-electron chi connectivity index (χ2n) is 7.98. The second-order valence-corrected chi connectivity index (χ2v) is 8.90. The molecule has 0 aliphatic carbocycles. The molecule has 1 heteroatoms. The maximum Gasteiger partial charge on any atom is 0.0175 e. The lowest BCUT2D eigenvalue weighted by molar-refractivity contribution is 1.56. The molecule has 0 radical (unpaired) electrons. The average Bonchev–Trinajstić information content (AvgIpc) is 2.88. The summed E-state index contributed by atoms with van der Waals surface area (Å²) in [5.74, 6) is 0. The van der Waals surface area contributed by atoms with Crippen molar-refractivity contribution in [2.24, 2.45) is 0 Å². The lowest BCUT2D eigenvalue weighted by Gasteiger charge is -2.20. The highest BCUT2D eigenvalue weighted by molar-refractivity contribution is 9.10. The van der Waals surface area contributed by atoms with Crippen LogP contribution in [-0.2, 0) is 0 Å². The number of benzene rings is 5. The molecule has 5 aromatic carbocycles. The van der Waals surface area contributed by atoms with Gasteiger partial charge in [0.05, 0.1) is 0 Å². The Kier molecular flexibility index (Phi) is 5.81.